The number of nitrogens with zero attached hydrogens (tertiary/aromatic N) is 2. The first-order chi connectivity index (χ1) is 7.69. The van der Waals surface area contributed by atoms with E-state index in [-0.39, 0.29) is 0 Å². The lowest BCUT2D eigenvalue weighted by Gasteiger charge is -2.02. The van der Waals surface area contributed by atoms with Gasteiger partial charge in [-0.2, -0.15) is 5.10 Å². The average molecular weight is 328 g/mol. The smallest absolute Gasteiger partial charge is 0.126 e. The van der Waals surface area contributed by atoms with Crippen LogP contribution in [0.2, 0.25) is 0 Å². The van der Waals surface area contributed by atoms with Crippen molar-refractivity contribution in [1.82, 2.24) is 9.78 Å². The molecular weight excluding hydrogens is 315 g/mol. The highest BCUT2D eigenvalue weighted by Gasteiger charge is 2.05. The molecule has 3 nitrogen and oxygen atoms in total. The Bertz CT molecular complexity index is 476. The third-order valence-corrected chi connectivity index (χ3v) is 3.32. The van der Waals surface area contributed by atoms with Gasteiger partial charge in [-0.1, -0.05) is 12.1 Å². The predicted octanol–water partition coefficient (Wildman–Crippen LogP) is 2.62. The maximum absolute atomic E-state index is 5.13. The molecule has 0 aliphatic carbocycles. The van der Waals surface area contributed by atoms with Crippen molar-refractivity contribution in [2.45, 2.75) is 6.42 Å². The van der Waals surface area contributed by atoms with Gasteiger partial charge in [0.25, 0.3) is 0 Å². The fraction of sp³-hybridized carbons (Fsp3) is 0.250. The predicted molar refractivity (Wildman–Crippen MR) is 71.7 cm³/mol. The van der Waals surface area contributed by atoms with E-state index in [1.54, 1.807) is 7.11 Å². The van der Waals surface area contributed by atoms with Crippen LogP contribution < -0.4 is 4.74 Å². The number of halogens is 1. The molecule has 0 saturated heterocycles. The molecule has 2 aromatic rings. The summed E-state index contributed by atoms with van der Waals surface area (Å²) in [4.78, 5) is 0. The van der Waals surface area contributed by atoms with Gasteiger partial charge in [-0.25, -0.2) is 0 Å². The second-order valence-corrected chi connectivity index (χ2v) is 4.67. The summed E-state index contributed by atoms with van der Waals surface area (Å²) in [7, 11) is 3.62. The van der Waals surface area contributed by atoms with Crippen molar-refractivity contribution in [2.75, 3.05) is 7.11 Å². The molecule has 0 aliphatic heterocycles. The van der Waals surface area contributed by atoms with Crippen molar-refractivity contribution in [2.24, 2.45) is 7.05 Å². The second kappa shape index (κ2) is 4.86. The van der Waals surface area contributed by atoms with E-state index >= 15 is 0 Å². The minimum Gasteiger partial charge on any atom is -0.497 e. The van der Waals surface area contributed by atoms with Crippen LogP contribution in [0.5, 0.6) is 5.75 Å². The summed E-state index contributed by atoms with van der Waals surface area (Å²) in [5.74, 6) is 0.893. The van der Waals surface area contributed by atoms with Crippen LogP contribution in [0.3, 0.4) is 0 Å². The SMILES string of the molecule is COc1ccc(Cc2cn(C)nc2I)cc1. The first-order valence-electron chi connectivity index (χ1n) is 5.00. The van der Waals surface area contributed by atoms with E-state index in [1.165, 1.54) is 11.1 Å². The highest BCUT2D eigenvalue weighted by atomic mass is 127. The molecule has 0 N–H and O–H groups in total. The zero-order valence-electron chi connectivity index (χ0n) is 9.27. The molecule has 0 amide bonds. The molecule has 0 bridgehead atoms. The van der Waals surface area contributed by atoms with Gasteiger partial charge in [0.1, 0.15) is 9.45 Å². The van der Waals surface area contributed by atoms with E-state index in [1.807, 2.05) is 23.9 Å². The molecular formula is C12H13IN2O. The van der Waals surface area contributed by atoms with Gasteiger partial charge in [0.05, 0.1) is 7.11 Å². The van der Waals surface area contributed by atoms with Crippen molar-refractivity contribution in [3.63, 3.8) is 0 Å². The Morgan fingerprint density at radius 1 is 1.31 bits per heavy atom. The maximum atomic E-state index is 5.13. The summed E-state index contributed by atoms with van der Waals surface area (Å²) >= 11 is 2.27. The Morgan fingerprint density at radius 3 is 2.50 bits per heavy atom. The molecule has 0 aliphatic rings. The highest BCUT2D eigenvalue weighted by Crippen LogP contribution is 2.17. The summed E-state index contributed by atoms with van der Waals surface area (Å²) in [6.45, 7) is 0. The van der Waals surface area contributed by atoms with E-state index in [4.69, 9.17) is 4.74 Å². The summed E-state index contributed by atoms with van der Waals surface area (Å²) in [5.41, 5.74) is 2.53. The van der Waals surface area contributed by atoms with Crippen LogP contribution in [0, 0.1) is 3.70 Å². The van der Waals surface area contributed by atoms with Crippen molar-refractivity contribution >= 4 is 22.6 Å². The normalized spacial score (nSPS) is 10.4. The number of benzene rings is 1. The lowest BCUT2D eigenvalue weighted by atomic mass is 10.1. The van der Waals surface area contributed by atoms with E-state index in [2.05, 4.69) is 46.0 Å². The highest BCUT2D eigenvalue weighted by molar-refractivity contribution is 14.1. The monoisotopic (exact) mass is 328 g/mol. The molecule has 0 radical (unpaired) electrons. The van der Waals surface area contributed by atoms with Crippen LogP contribution in [-0.2, 0) is 13.5 Å². The summed E-state index contributed by atoms with van der Waals surface area (Å²) < 4.78 is 8.04. The Kier molecular flexibility index (Phi) is 3.48. The minimum absolute atomic E-state index is 0.893. The molecule has 84 valence electrons. The number of methoxy groups -OCH3 is 1. The number of hydrogen-bond acceptors (Lipinski definition) is 2. The zero-order chi connectivity index (χ0) is 11.5. The molecule has 1 heterocycles. The summed E-state index contributed by atoms with van der Waals surface area (Å²) in [6.07, 6.45) is 2.97. The minimum atomic E-state index is 0.893. The van der Waals surface area contributed by atoms with Gasteiger partial charge in [-0.15, -0.1) is 0 Å². The summed E-state index contributed by atoms with van der Waals surface area (Å²) in [6, 6.07) is 8.14. The molecule has 0 fully saturated rings. The van der Waals surface area contributed by atoms with Gasteiger partial charge in [0.2, 0.25) is 0 Å². The molecule has 0 spiro atoms. The largest absolute Gasteiger partial charge is 0.497 e. The van der Waals surface area contributed by atoms with E-state index in [0.717, 1.165) is 15.9 Å². The van der Waals surface area contributed by atoms with Gasteiger partial charge in [0, 0.05) is 25.2 Å². The van der Waals surface area contributed by atoms with Crippen molar-refractivity contribution in [3.05, 3.63) is 45.3 Å². The van der Waals surface area contributed by atoms with Crippen molar-refractivity contribution < 1.29 is 4.74 Å². The van der Waals surface area contributed by atoms with Gasteiger partial charge in [-0.3, -0.25) is 4.68 Å². The standard InChI is InChI=1S/C12H13IN2O/c1-15-8-10(12(13)14-15)7-9-3-5-11(16-2)6-4-9/h3-6,8H,7H2,1-2H3. The zero-order valence-corrected chi connectivity index (χ0v) is 11.4. The number of ether oxygens (including phenoxy) is 1. The van der Waals surface area contributed by atoms with Crippen LogP contribution in [0.4, 0.5) is 0 Å². The van der Waals surface area contributed by atoms with Crippen LogP contribution in [0.25, 0.3) is 0 Å². The number of aryl methyl sites for hydroxylation is 1. The van der Waals surface area contributed by atoms with Gasteiger partial charge < -0.3 is 4.74 Å². The lowest BCUT2D eigenvalue weighted by molar-refractivity contribution is 0.414. The van der Waals surface area contributed by atoms with Gasteiger partial charge in [-0.05, 0) is 40.3 Å². The molecule has 1 aromatic carbocycles. The third kappa shape index (κ3) is 2.55. The third-order valence-electron chi connectivity index (χ3n) is 2.41. The van der Waals surface area contributed by atoms with Crippen LogP contribution in [0.15, 0.2) is 30.5 Å². The fourth-order valence-corrected chi connectivity index (χ4v) is 2.26. The van der Waals surface area contributed by atoms with Crippen molar-refractivity contribution in [1.29, 1.82) is 0 Å². The van der Waals surface area contributed by atoms with Crippen LogP contribution in [-0.4, -0.2) is 16.9 Å². The summed E-state index contributed by atoms with van der Waals surface area (Å²) in [5, 5.41) is 4.32. The first-order valence-corrected chi connectivity index (χ1v) is 6.08. The van der Waals surface area contributed by atoms with Gasteiger partial charge in [0.15, 0.2) is 0 Å². The van der Waals surface area contributed by atoms with E-state index in [9.17, 15) is 0 Å². The number of hydrogen-bond donors (Lipinski definition) is 0. The number of aromatic nitrogens is 2. The maximum Gasteiger partial charge on any atom is 0.126 e. The number of rotatable bonds is 3. The molecule has 0 atom stereocenters. The lowest BCUT2D eigenvalue weighted by Crippen LogP contribution is -1.89. The first kappa shape index (κ1) is 11.4. The Morgan fingerprint density at radius 2 is 2.00 bits per heavy atom. The van der Waals surface area contributed by atoms with Crippen LogP contribution >= 0.6 is 22.6 Å². The topological polar surface area (TPSA) is 27.1 Å². The molecule has 2 rings (SSSR count). The van der Waals surface area contributed by atoms with Crippen molar-refractivity contribution in [3.8, 4) is 5.75 Å². The molecule has 16 heavy (non-hydrogen) atoms. The molecule has 0 unspecified atom stereocenters. The fourth-order valence-electron chi connectivity index (χ4n) is 1.59. The average Bonchev–Trinajstić information content (AvgIpc) is 2.59. The van der Waals surface area contributed by atoms with E-state index < -0.39 is 0 Å². The Labute approximate surface area is 109 Å². The molecule has 4 heteroatoms. The Hall–Kier alpha value is -1.04. The Balaban J connectivity index is 2.17. The quantitative estimate of drug-likeness (QED) is 0.810. The van der Waals surface area contributed by atoms with Gasteiger partial charge >= 0.3 is 0 Å². The molecule has 0 saturated carbocycles. The van der Waals surface area contributed by atoms with E-state index in [0.29, 0.717) is 0 Å². The second-order valence-electron chi connectivity index (χ2n) is 3.64. The van der Waals surface area contributed by atoms with Crippen LogP contribution in [0.1, 0.15) is 11.1 Å². The molecule has 1 aromatic heterocycles.